The summed E-state index contributed by atoms with van der Waals surface area (Å²) in [4.78, 5) is 39.2. The molecule has 0 unspecified atom stereocenters. The quantitative estimate of drug-likeness (QED) is 0.779. The zero-order chi connectivity index (χ0) is 18.9. The average molecular weight is 370 g/mol. The van der Waals surface area contributed by atoms with Crippen LogP contribution in [0.15, 0.2) is 30.6 Å². The number of carbonyl (C=O) groups is 3. The third kappa shape index (κ3) is 3.03. The van der Waals surface area contributed by atoms with Crippen LogP contribution in [-0.4, -0.2) is 50.1 Å². The summed E-state index contributed by atoms with van der Waals surface area (Å²) in [5.74, 6) is -1.25. The van der Waals surface area contributed by atoms with Crippen LogP contribution in [0.4, 0.5) is 11.4 Å². The highest BCUT2D eigenvalue weighted by Crippen LogP contribution is 2.45. The number of anilines is 2. The molecule has 1 aromatic carbocycles. The lowest BCUT2D eigenvalue weighted by Gasteiger charge is -2.44. The lowest BCUT2D eigenvalue weighted by atomic mass is 9.90. The Labute approximate surface area is 154 Å². The van der Waals surface area contributed by atoms with Gasteiger partial charge in [0.15, 0.2) is 6.61 Å². The molecule has 0 atom stereocenters. The lowest BCUT2D eigenvalue weighted by molar-refractivity contribution is -0.149. The van der Waals surface area contributed by atoms with Gasteiger partial charge in [-0.3, -0.25) is 19.3 Å². The highest BCUT2D eigenvalue weighted by atomic mass is 16.5. The van der Waals surface area contributed by atoms with Crippen LogP contribution in [0.2, 0.25) is 0 Å². The number of benzene rings is 1. The number of esters is 1. The maximum atomic E-state index is 13.0. The minimum atomic E-state index is -0.923. The number of nitrogens with one attached hydrogen (secondary N) is 1. The third-order valence-electron chi connectivity index (χ3n) is 4.96. The Hall–Kier alpha value is -3.30. The van der Waals surface area contributed by atoms with E-state index in [0.717, 1.165) is 12.8 Å². The summed E-state index contributed by atoms with van der Waals surface area (Å²) < 4.78 is 6.31. The first-order chi connectivity index (χ1) is 13.1. The van der Waals surface area contributed by atoms with Crippen molar-refractivity contribution in [2.75, 3.05) is 16.8 Å². The van der Waals surface area contributed by atoms with Crippen LogP contribution in [0.3, 0.4) is 0 Å². The molecule has 0 saturated heterocycles. The zero-order valence-corrected chi connectivity index (χ0v) is 14.5. The molecule has 1 aromatic heterocycles. The first kappa shape index (κ1) is 17.1. The van der Waals surface area contributed by atoms with Gasteiger partial charge in [0.1, 0.15) is 18.4 Å². The predicted molar refractivity (Wildman–Crippen MR) is 92.5 cm³/mol. The lowest BCUT2D eigenvalue weighted by Crippen LogP contribution is -2.61. The van der Waals surface area contributed by atoms with E-state index in [4.69, 9.17) is 4.74 Å². The molecule has 1 fully saturated rings. The molecule has 2 heterocycles. The summed E-state index contributed by atoms with van der Waals surface area (Å²) in [6.07, 6.45) is 4.16. The molecule has 2 amide bonds. The van der Waals surface area contributed by atoms with Crippen molar-refractivity contribution < 1.29 is 19.1 Å². The van der Waals surface area contributed by atoms with E-state index in [2.05, 4.69) is 20.8 Å². The monoisotopic (exact) mass is 370 g/mol. The maximum Gasteiger partial charge on any atom is 0.328 e. The van der Waals surface area contributed by atoms with E-state index >= 15 is 0 Å². The van der Waals surface area contributed by atoms with Crippen molar-refractivity contribution in [3.05, 3.63) is 30.6 Å². The van der Waals surface area contributed by atoms with Gasteiger partial charge in [-0.2, -0.15) is 0 Å². The van der Waals surface area contributed by atoms with Crippen LogP contribution in [0.1, 0.15) is 25.7 Å². The summed E-state index contributed by atoms with van der Waals surface area (Å²) in [7, 11) is 0. The van der Waals surface area contributed by atoms with Gasteiger partial charge in [-0.1, -0.05) is 25.0 Å². The number of hydrogen-bond donors (Lipinski definition) is 1. The fourth-order valence-corrected chi connectivity index (χ4v) is 3.77. The van der Waals surface area contributed by atoms with Crippen molar-refractivity contribution in [3.8, 4) is 0 Å². The van der Waals surface area contributed by atoms with E-state index in [0.29, 0.717) is 24.2 Å². The normalized spacial score (nSPS) is 17.5. The Morgan fingerprint density at radius 2 is 2.00 bits per heavy atom. The van der Waals surface area contributed by atoms with Crippen molar-refractivity contribution in [1.82, 2.24) is 20.2 Å². The van der Waals surface area contributed by atoms with E-state index in [1.807, 2.05) is 6.07 Å². The highest BCUT2D eigenvalue weighted by molar-refractivity contribution is 6.15. The van der Waals surface area contributed by atoms with E-state index in [1.54, 1.807) is 18.2 Å². The van der Waals surface area contributed by atoms with Crippen LogP contribution in [0.25, 0.3) is 0 Å². The number of nitrogens with zero attached hydrogens (tertiary/aromatic N) is 5. The van der Waals surface area contributed by atoms with Gasteiger partial charge >= 0.3 is 5.97 Å². The number of tetrazole rings is 1. The number of para-hydroxylation sites is 2. The SMILES string of the molecule is O=C(Cn1cnnn1)OCC(=O)N1c2ccccc2NC(=O)C12CCCC2. The van der Waals surface area contributed by atoms with E-state index in [1.165, 1.54) is 15.9 Å². The molecule has 1 N–H and O–H groups in total. The molecule has 10 heteroatoms. The second-order valence-electron chi connectivity index (χ2n) is 6.61. The van der Waals surface area contributed by atoms with Crippen molar-refractivity contribution >= 4 is 29.2 Å². The Morgan fingerprint density at radius 3 is 2.74 bits per heavy atom. The fraction of sp³-hybridized carbons (Fsp3) is 0.412. The van der Waals surface area contributed by atoms with Crippen molar-refractivity contribution in [2.45, 2.75) is 37.8 Å². The van der Waals surface area contributed by atoms with Gasteiger partial charge in [-0.15, -0.1) is 5.10 Å². The minimum absolute atomic E-state index is 0.188. The third-order valence-corrected chi connectivity index (χ3v) is 4.96. The van der Waals surface area contributed by atoms with Crippen LogP contribution in [-0.2, 0) is 25.7 Å². The molecule has 140 valence electrons. The van der Waals surface area contributed by atoms with Gasteiger partial charge in [0.05, 0.1) is 11.4 Å². The van der Waals surface area contributed by atoms with E-state index < -0.39 is 24.0 Å². The van der Waals surface area contributed by atoms with E-state index in [-0.39, 0.29) is 12.5 Å². The number of carbonyl (C=O) groups excluding carboxylic acids is 3. The molecular weight excluding hydrogens is 352 g/mol. The molecule has 0 bridgehead atoms. The molecule has 1 aliphatic heterocycles. The topological polar surface area (TPSA) is 119 Å². The van der Waals surface area contributed by atoms with Gasteiger partial charge in [0, 0.05) is 0 Å². The molecule has 1 saturated carbocycles. The Morgan fingerprint density at radius 1 is 1.22 bits per heavy atom. The van der Waals surface area contributed by atoms with Gasteiger partial charge in [-0.25, -0.2) is 4.68 Å². The summed E-state index contributed by atoms with van der Waals surface area (Å²) >= 11 is 0. The van der Waals surface area contributed by atoms with Gasteiger partial charge < -0.3 is 10.1 Å². The van der Waals surface area contributed by atoms with Crippen molar-refractivity contribution in [2.24, 2.45) is 0 Å². The number of rotatable bonds is 4. The number of aromatic nitrogens is 4. The van der Waals surface area contributed by atoms with Crippen molar-refractivity contribution in [1.29, 1.82) is 0 Å². The molecule has 1 aliphatic carbocycles. The summed E-state index contributed by atoms with van der Waals surface area (Å²) in [5.41, 5.74) is 0.280. The first-order valence-corrected chi connectivity index (χ1v) is 8.70. The Bertz CT molecular complexity index is 875. The summed E-state index contributed by atoms with van der Waals surface area (Å²) in [6, 6.07) is 7.14. The molecule has 2 aromatic rings. The standard InChI is InChI=1S/C17H18N6O4/c24-14(10-27-15(25)9-22-11-18-20-21-22)23-13-6-2-1-5-12(13)19-16(26)17(23)7-3-4-8-17/h1-2,5-6,11H,3-4,7-10H2,(H,19,26). The molecular formula is C17H18N6O4. The minimum Gasteiger partial charge on any atom is -0.454 e. The molecule has 4 rings (SSSR count). The zero-order valence-electron chi connectivity index (χ0n) is 14.5. The molecule has 10 nitrogen and oxygen atoms in total. The first-order valence-electron chi connectivity index (χ1n) is 8.70. The molecule has 0 radical (unpaired) electrons. The predicted octanol–water partition coefficient (Wildman–Crippen LogP) is 0.514. The smallest absolute Gasteiger partial charge is 0.328 e. The van der Waals surface area contributed by atoms with Crippen LogP contribution >= 0.6 is 0 Å². The number of fused-ring (bicyclic) bond motifs is 1. The average Bonchev–Trinajstić information content (AvgIpc) is 3.34. The van der Waals surface area contributed by atoms with E-state index in [9.17, 15) is 14.4 Å². The number of ether oxygens (including phenoxy) is 1. The largest absolute Gasteiger partial charge is 0.454 e. The molecule has 2 aliphatic rings. The molecule has 27 heavy (non-hydrogen) atoms. The second kappa shape index (κ2) is 6.78. The number of amides is 2. The van der Waals surface area contributed by atoms with Gasteiger partial charge in [0.25, 0.3) is 11.8 Å². The van der Waals surface area contributed by atoms with Gasteiger partial charge in [0.2, 0.25) is 0 Å². The molecule has 1 spiro atoms. The van der Waals surface area contributed by atoms with Crippen LogP contribution in [0, 0.1) is 0 Å². The van der Waals surface area contributed by atoms with Crippen LogP contribution < -0.4 is 10.2 Å². The maximum absolute atomic E-state index is 13.0. The van der Waals surface area contributed by atoms with Crippen molar-refractivity contribution in [3.63, 3.8) is 0 Å². The highest BCUT2D eigenvalue weighted by Gasteiger charge is 2.52. The second-order valence-corrected chi connectivity index (χ2v) is 6.61. The van der Waals surface area contributed by atoms with Gasteiger partial charge in [-0.05, 0) is 35.4 Å². The summed E-state index contributed by atoms with van der Waals surface area (Å²) in [5, 5.41) is 13.3. The van der Waals surface area contributed by atoms with Crippen LogP contribution in [0.5, 0.6) is 0 Å². The number of hydrogen-bond acceptors (Lipinski definition) is 7. The Kier molecular flexibility index (Phi) is 4.30. The summed E-state index contributed by atoms with van der Waals surface area (Å²) in [6.45, 7) is -0.646. The fourth-order valence-electron chi connectivity index (χ4n) is 3.77. The Balaban J connectivity index is 1.54.